The minimum Gasteiger partial charge on any atom is -0.385 e. The van der Waals surface area contributed by atoms with Gasteiger partial charge in [-0.3, -0.25) is 5.84 Å². The van der Waals surface area contributed by atoms with Gasteiger partial charge >= 0.3 is 0 Å². The molecule has 0 aliphatic heterocycles. The van der Waals surface area contributed by atoms with Crippen LogP contribution < -0.4 is 16.0 Å². The van der Waals surface area contributed by atoms with Crippen molar-refractivity contribution in [1.29, 1.82) is 0 Å². The van der Waals surface area contributed by atoms with Crippen LogP contribution in [0.2, 0.25) is 0 Å². The molecular formula is C12H22N4O3S. The van der Waals surface area contributed by atoms with E-state index in [9.17, 15) is 8.42 Å². The van der Waals surface area contributed by atoms with Gasteiger partial charge in [0.2, 0.25) is 0 Å². The van der Waals surface area contributed by atoms with Crippen LogP contribution in [0.25, 0.3) is 0 Å². The van der Waals surface area contributed by atoms with Crippen molar-refractivity contribution >= 4 is 15.7 Å². The number of methoxy groups -OCH3 is 1. The molecule has 0 aliphatic carbocycles. The van der Waals surface area contributed by atoms with Crippen LogP contribution in [0, 0.1) is 5.41 Å². The second kappa shape index (κ2) is 6.98. The van der Waals surface area contributed by atoms with Gasteiger partial charge < -0.3 is 10.2 Å². The van der Waals surface area contributed by atoms with Crippen molar-refractivity contribution in [2.24, 2.45) is 11.3 Å². The predicted molar refractivity (Wildman–Crippen MR) is 77.5 cm³/mol. The second-order valence-corrected chi connectivity index (χ2v) is 6.91. The van der Waals surface area contributed by atoms with Gasteiger partial charge in [0.05, 0.1) is 5.69 Å². The summed E-state index contributed by atoms with van der Waals surface area (Å²) in [5.74, 6) is 5.30. The summed E-state index contributed by atoms with van der Waals surface area (Å²) in [6.07, 6.45) is 2.15. The maximum atomic E-state index is 12.2. The zero-order valence-electron chi connectivity index (χ0n) is 12.0. The van der Waals surface area contributed by atoms with E-state index in [1.54, 1.807) is 19.2 Å². The zero-order valence-corrected chi connectivity index (χ0v) is 12.8. The molecule has 1 aromatic rings. The Morgan fingerprint density at radius 2 is 2.15 bits per heavy atom. The fraction of sp³-hybridized carbons (Fsp3) is 0.583. The molecule has 0 atom stereocenters. The van der Waals surface area contributed by atoms with Crippen LogP contribution in [0.1, 0.15) is 20.3 Å². The summed E-state index contributed by atoms with van der Waals surface area (Å²) in [6, 6.07) is 3.16. The number of hydrogen-bond acceptors (Lipinski definition) is 6. The molecule has 20 heavy (non-hydrogen) atoms. The molecule has 1 heterocycles. The Balaban J connectivity index is 2.80. The molecule has 8 heteroatoms. The van der Waals surface area contributed by atoms with Crippen molar-refractivity contribution in [3.8, 4) is 0 Å². The van der Waals surface area contributed by atoms with E-state index in [0.29, 0.717) is 13.2 Å². The first-order valence-electron chi connectivity index (χ1n) is 6.22. The maximum absolute atomic E-state index is 12.2. The molecule has 0 saturated heterocycles. The highest BCUT2D eigenvalue weighted by Crippen LogP contribution is 2.21. The predicted octanol–water partition coefficient (Wildman–Crippen LogP) is 0.708. The average Bonchev–Trinajstić information content (AvgIpc) is 2.43. The number of hydrazine groups is 1. The highest BCUT2D eigenvalue weighted by molar-refractivity contribution is 7.89. The molecule has 0 bridgehead atoms. The summed E-state index contributed by atoms with van der Waals surface area (Å²) in [6.45, 7) is 4.80. The summed E-state index contributed by atoms with van der Waals surface area (Å²) in [5.41, 5.74) is 2.38. The van der Waals surface area contributed by atoms with Crippen molar-refractivity contribution in [2.45, 2.75) is 25.3 Å². The normalized spacial score (nSPS) is 12.4. The van der Waals surface area contributed by atoms with Gasteiger partial charge in [-0.25, -0.2) is 18.1 Å². The van der Waals surface area contributed by atoms with Crippen molar-refractivity contribution < 1.29 is 13.2 Å². The first kappa shape index (κ1) is 16.8. The van der Waals surface area contributed by atoms with Crippen LogP contribution in [0.15, 0.2) is 23.4 Å². The molecule has 0 unspecified atom stereocenters. The Labute approximate surface area is 119 Å². The summed E-state index contributed by atoms with van der Waals surface area (Å²) >= 11 is 0. The van der Waals surface area contributed by atoms with Crippen molar-refractivity contribution in [3.63, 3.8) is 0 Å². The second-order valence-electron chi connectivity index (χ2n) is 5.23. The number of nitrogens with zero attached hydrogens (tertiary/aromatic N) is 1. The molecular weight excluding hydrogens is 280 g/mol. The fourth-order valence-corrected chi connectivity index (χ4v) is 2.87. The van der Waals surface area contributed by atoms with Gasteiger partial charge in [-0.15, -0.1) is 0 Å². The van der Waals surface area contributed by atoms with E-state index in [1.807, 2.05) is 13.8 Å². The molecule has 4 N–H and O–H groups in total. The van der Waals surface area contributed by atoms with Gasteiger partial charge in [0.25, 0.3) is 10.0 Å². The average molecular weight is 302 g/mol. The van der Waals surface area contributed by atoms with Crippen molar-refractivity contribution in [2.75, 3.05) is 25.7 Å². The molecule has 0 spiro atoms. The van der Waals surface area contributed by atoms with Crippen molar-refractivity contribution in [1.82, 2.24) is 9.71 Å². The van der Waals surface area contributed by atoms with E-state index in [0.717, 1.165) is 6.42 Å². The lowest BCUT2D eigenvalue weighted by Crippen LogP contribution is -2.35. The summed E-state index contributed by atoms with van der Waals surface area (Å²) in [4.78, 5) is 3.87. The molecule has 0 aromatic carbocycles. The minimum absolute atomic E-state index is 0.106. The maximum Gasteiger partial charge on any atom is 0.260 e. The van der Waals surface area contributed by atoms with Crippen molar-refractivity contribution in [3.05, 3.63) is 18.3 Å². The molecule has 0 amide bonds. The van der Waals surface area contributed by atoms with E-state index >= 15 is 0 Å². The fourth-order valence-electron chi connectivity index (χ4n) is 1.54. The van der Waals surface area contributed by atoms with Gasteiger partial charge in [-0.05, 0) is 24.0 Å². The van der Waals surface area contributed by atoms with E-state index < -0.39 is 10.0 Å². The summed E-state index contributed by atoms with van der Waals surface area (Å²) < 4.78 is 32.0. The van der Waals surface area contributed by atoms with E-state index in [-0.39, 0.29) is 16.1 Å². The number of pyridine rings is 1. The van der Waals surface area contributed by atoms with Gasteiger partial charge in [0.15, 0.2) is 5.03 Å². The summed E-state index contributed by atoms with van der Waals surface area (Å²) in [7, 11) is -2.09. The number of sulfonamides is 1. The Morgan fingerprint density at radius 3 is 2.75 bits per heavy atom. The van der Waals surface area contributed by atoms with Gasteiger partial charge in [0.1, 0.15) is 0 Å². The molecule has 114 valence electrons. The van der Waals surface area contributed by atoms with Crippen LogP contribution in [0.4, 0.5) is 5.69 Å². The first-order chi connectivity index (χ1) is 9.32. The molecule has 7 nitrogen and oxygen atoms in total. The molecule has 0 saturated carbocycles. The topological polar surface area (TPSA) is 106 Å². The molecule has 0 fully saturated rings. The van der Waals surface area contributed by atoms with E-state index in [2.05, 4.69) is 15.1 Å². The zero-order chi connectivity index (χ0) is 15.2. The molecule has 0 aliphatic rings. The monoisotopic (exact) mass is 302 g/mol. The number of rotatable bonds is 8. The van der Waals surface area contributed by atoms with E-state index in [4.69, 9.17) is 10.6 Å². The highest BCUT2D eigenvalue weighted by atomic mass is 32.2. The lowest BCUT2D eigenvalue weighted by atomic mass is 9.90. The molecule has 1 aromatic heterocycles. The number of aromatic nitrogens is 1. The minimum atomic E-state index is -3.71. The lowest BCUT2D eigenvalue weighted by molar-refractivity contribution is 0.153. The number of nitrogens with one attached hydrogen (secondary N) is 2. The number of hydrogen-bond donors (Lipinski definition) is 3. The van der Waals surface area contributed by atoms with Gasteiger partial charge in [0, 0.05) is 26.5 Å². The van der Waals surface area contributed by atoms with Gasteiger partial charge in [-0.1, -0.05) is 13.8 Å². The van der Waals surface area contributed by atoms with Crippen LogP contribution in [0.5, 0.6) is 0 Å². The smallest absolute Gasteiger partial charge is 0.260 e. The van der Waals surface area contributed by atoms with Gasteiger partial charge in [-0.2, -0.15) is 0 Å². The summed E-state index contributed by atoms with van der Waals surface area (Å²) in [5, 5.41) is -0.106. The highest BCUT2D eigenvalue weighted by Gasteiger charge is 2.24. The largest absolute Gasteiger partial charge is 0.385 e. The van der Waals surface area contributed by atoms with Crippen LogP contribution in [0.3, 0.4) is 0 Å². The number of nitrogens with two attached hydrogens (primary N) is 1. The standard InChI is InChI=1S/C12H22N4O3S/c1-12(2,6-8-19-3)9-15-20(17,18)11-10(16-13)5-4-7-14-11/h4-5,7,15-16H,6,8-9,13H2,1-3H3. The number of ether oxygens (including phenoxy) is 1. The Bertz CT molecular complexity index is 531. The third-order valence-electron chi connectivity index (χ3n) is 2.90. The Hall–Kier alpha value is -1.22. The molecule has 0 radical (unpaired) electrons. The number of nitrogen functional groups attached to an aromatic ring is 1. The lowest BCUT2D eigenvalue weighted by Gasteiger charge is -2.24. The first-order valence-corrected chi connectivity index (χ1v) is 7.71. The Morgan fingerprint density at radius 1 is 1.45 bits per heavy atom. The van der Waals surface area contributed by atoms with Crippen LogP contribution in [-0.2, 0) is 14.8 Å². The number of anilines is 1. The van der Waals surface area contributed by atoms with E-state index in [1.165, 1.54) is 6.20 Å². The van der Waals surface area contributed by atoms with Crippen LogP contribution in [-0.4, -0.2) is 33.7 Å². The molecule has 1 rings (SSSR count). The third kappa shape index (κ3) is 4.71. The Kier molecular flexibility index (Phi) is 5.88. The quantitative estimate of drug-likeness (QED) is 0.482. The SMILES string of the molecule is COCCC(C)(C)CNS(=O)(=O)c1ncccc1NN. The van der Waals surface area contributed by atoms with Crippen LogP contribution >= 0.6 is 0 Å². The third-order valence-corrected chi connectivity index (χ3v) is 4.26.